The molecule has 28 heavy (non-hydrogen) atoms. The van der Waals surface area contributed by atoms with Gasteiger partial charge in [0.25, 0.3) is 5.56 Å². The maximum atomic E-state index is 12.0. The van der Waals surface area contributed by atoms with Crippen LogP contribution in [0.3, 0.4) is 0 Å². The maximum absolute atomic E-state index is 12.0. The highest BCUT2D eigenvalue weighted by molar-refractivity contribution is 5.74. The van der Waals surface area contributed by atoms with Crippen LogP contribution in [0.15, 0.2) is 76.3 Å². The van der Waals surface area contributed by atoms with Crippen LogP contribution < -0.4 is 16.2 Å². The number of rotatable bonds is 8. The molecule has 6 nitrogen and oxygen atoms in total. The van der Waals surface area contributed by atoms with Crippen LogP contribution in [-0.2, 0) is 19.5 Å². The van der Waals surface area contributed by atoms with E-state index in [4.69, 9.17) is 4.42 Å². The minimum atomic E-state index is -0.188. The van der Waals surface area contributed by atoms with E-state index in [1.54, 1.807) is 29.2 Å². The molecule has 0 saturated carbocycles. The van der Waals surface area contributed by atoms with Crippen molar-refractivity contribution in [1.29, 1.82) is 0 Å². The Balaban J connectivity index is 1.42. The number of aromatic nitrogens is 1. The molecule has 3 rings (SSSR count). The van der Waals surface area contributed by atoms with Gasteiger partial charge in [-0.1, -0.05) is 30.3 Å². The topological polar surface area (TPSA) is 76.3 Å². The zero-order valence-corrected chi connectivity index (χ0v) is 15.9. The van der Waals surface area contributed by atoms with E-state index in [-0.39, 0.29) is 17.6 Å². The number of urea groups is 1. The number of pyridine rings is 1. The number of benzene rings is 1. The van der Waals surface area contributed by atoms with Gasteiger partial charge in [0.1, 0.15) is 5.76 Å². The van der Waals surface area contributed by atoms with E-state index in [0.29, 0.717) is 13.1 Å². The van der Waals surface area contributed by atoms with Crippen molar-refractivity contribution < 1.29 is 9.21 Å². The summed E-state index contributed by atoms with van der Waals surface area (Å²) >= 11 is 0. The molecule has 6 heteroatoms. The number of nitrogens with one attached hydrogen (secondary N) is 2. The fourth-order valence-electron chi connectivity index (χ4n) is 2.89. The third-order valence-electron chi connectivity index (χ3n) is 4.51. The summed E-state index contributed by atoms with van der Waals surface area (Å²) in [6.07, 6.45) is 5.04. The molecule has 2 heterocycles. The van der Waals surface area contributed by atoms with E-state index in [1.165, 1.54) is 0 Å². The standard InChI is InChI=1S/C22H25N3O3/c1-17(7-12-20-5-4-14-28-20)24-22(27)23-15-18-8-10-19(11-9-18)16-25-13-3-2-6-21(25)26/h2-6,8-11,13-14,17H,7,12,15-16H2,1H3,(H2,23,24,27). The summed E-state index contributed by atoms with van der Waals surface area (Å²) < 4.78 is 6.96. The summed E-state index contributed by atoms with van der Waals surface area (Å²) in [7, 11) is 0. The number of hydrogen-bond donors (Lipinski definition) is 2. The largest absolute Gasteiger partial charge is 0.469 e. The number of carbonyl (C=O) groups is 1. The molecule has 0 bridgehead atoms. The molecule has 0 aliphatic carbocycles. The van der Waals surface area contributed by atoms with E-state index in [9.17, 15) is 9.59 Å². The lowest BCUT2D eigenvalue weighted by atomic mass is 10.1. The predicted octanol–water partition coefficient (Wildman–Crippen LogP) is 3.31. The number of hydrogen-bond acceptors (Lipinski definition) is 3. The van der Waals surface area contributed by atoms with E-state index in [0.717, 1.165) is 29.7 Å². The van der Waals surface area contributed by atoms with Gasteiger partial charge in [-0.3, -0.25) is 4.79 Å². The zero-order chi connectivity index (χ0) is 19.8. The number of nitrogens with zero attached hydrogens (tertiary/aromatic N) is 1. The van der Waals surface area contributed by atoms with Crippen molar-refractivity contribution in [3.8, 4) is 0 Å². The van der Waals surface area contributed by atoms with E-state index in [2.05, 4.69) is 10.6 Å². The summed E-state index contributed by atoms with van der Waals surface area (Å²) in [6, 6.07) is 16.7. The average Bonchev–Trinajstić information content (AvgIpc) is 3.21. The van der Waals surface area contributed by atoms with Crippen LogP contribution in [-0.4, -0.2) is 16.6 Å². The van der Waals surface area contributed by atoms with Gasteiger partial charge < -0.3 is 19.6 Å². The van der Waals surface area contributed by atoms with Gasteiger partial charge in [0.2, 0.25) is 0 Å². The Morgan fingerprint density at radius 1 is 1.07 bits per heavy atom. The second kappa shape index (κ2) is 9.60. The molecule has 2 aromatic heterocycles. The lowest BCUT2D eigenvalue weighted by Crippen LogP contribution is -2.40. The second-order valence-corrected chi connectivity index (χ2v) is 6.83. The van der Waals surface area contributed by atoms with Crippen molar-refractivity contribution >= 4 is 6.03 Å². The highest BCUT2D eigenvalue weighted by Crippen LogP contribution is 2.07. The highest BCUT2D eigenvalue weighted by Gasteiger charge is 2.08. The first-order valence-corrected chi connectivity index (χ1v) is 9.40. The van der Waals surface area contributed by atoms with Crippen LogP contribution in [0.1, 0.15) is 30.2 Å². The molecule has 0 radical (unpaired) electrons. The minimum absolute atomic E-state index is 0.0221. The highest BCUT2D eigenvalue weighted by atomic mass is 16.3. The summed E-state index contributed by atoms with van der Waals surface area (Å²) in [4.78, 5) is 23.8. The Hall–Kier alpha value is -3.28. The van der Waals surface area contributed by atoms with Crippen LogP contribution in [0.4, 0.5) is 4.79 Å². The molecule has 0 aliphatic heterocycles. The molecule has 0 aliphatic rings. The van der Waals surface area contributed by atoms with Crippen LogP contribution in [0.25, 0.3) is 0 Å². The molecule has 0 saturated heterocycles. The van der Waals surface area contributed by atoms with Gasteiger partial charge in [-0.25, -0.2) is 4.79 Å². The molecule has 2 N–H and O–H groups in total. The van der Waals surface area contributed by atoms with Crippen molar-refractivity contribution in [3.05, 3.63) is 94.3 Å². The third-order valence-corrected chi connectivity index (χ3v) is 4.51. The average molecular weight is 379 g/mol. The molecule has 1 unspecified atom stereocenters. The summed E-state index contributed by atoms with van der Waals surface area (Å²) in [5.74, 6) is 0.923. The molecule has 2 amide bonds. The van der Waals surface area contributed by atoms with Crippen LogP contribution in [0, 0.1) is 0 Å². The molecule has 3 aromatic rings. The first-order chi connectivity index (χ1) is 13.6. The van der Waals surface area contributed by atoms with Gasteiger partial charge in [0.15, 0.2) is 0 Å². The molecule has 0 spiro atoms. The van der Waals surface area contributed by atoms with E-state index < -0.39 is 0 Å². The number of amides is 2. The maximum Gasteiger partial charge on any atom is 0.315 e. The smallest absolute Gasteiger partial charge is 0.315 e. The normalized spacial score (nSPS) is 11.8. The number of carbonyl (C=O) groups excluding carboxylic acids is 1. The molecular formula is C22H25N3O3. The Morgan fingerprint density at radius 3 is 2.57 bits per heavy atom. The first-order valence-electron chi connectivity index (χ1n) is 9.40. The Morgan fingerprint density at radius 2 is 1.86 bits per heavy atom. The van der Waals surface area contributed by atoms with Crippen molar-refractivity contribution in [2.75, 3.05) is 0 Å². The summed E-state index contributed by atoms with van der Waals surface area (Å²) in [6.45, 7) is 2.95. The van der Waals surface area contributed by atoms with Crippen molar-refractivity contribution in [1.82, 2.24) is 15.2 Å². The van der Waals surface area contributed by atoms with Gasteiger partial charge >= 0.3 is 6.03 Å². The van der Waals surface area contributed by atoms with Gasteiger partial charge in [-0.2, -0.15) is 0 Å². The van der Waals surface area contributed by atoms with Gasteiger partial charge in [-0.05, 0) is 42.7 Å². The fraction of sp³-hybridized carbons (Fsp3) is 0.273. The Labute approximate surface area is 164 Å². The molecule has 1 atom stereocenters. The first kappa shape index (κ1) is 19.5. The monoisotopic (exact) mass is 379 g/mol. The van der Waals surface area contributed by atoms with Crippen LogP contribution in [0.5, 0.6) is 0 Å². The summed E-state index contributed by atoms with van der Waals surface area (Å²) in [5.41, 5.74) is 2.02. The lowest BCUT2D eigenvalue weighted by molar-refractivity contribution is 0.236. The quantitative estimate of drug-likeness (QED) is 0.630. The van der Waals surface area contributed by atoms with Crippen LogP contribution in [0.2, 0.25) is 0 Å². The van der Waals surface area contributed by atoms with Crippen molar-refractivity contribution in [2.45, 2.75) is 38.9 Å². The predicted molar refractivity (Wildman–Crippen MR) is 108 cm³/mol. The molecule has 1 aromatic carbocycles. The van der Waals surface area contributed by atoms with E-state index in [1.807, 2.05) is 49.4 Å². The Bertz CT molecular complexity index is 930. The molecule has 146 valence electrons. The van der Waals surface area contributed by atoms with Gasteiger partial charge in [-0.15, -0.1) is 0 Å². The number of furan rings is 1. The zero-order valence-electron chi connectivity index (χ0n) is 15.9. The van der Waals surface area contributed by atoms with Crippen molar-refractivity contribution in [3.63, 3.8) is 0 Å². The SMILES string of the molecule is CC(CCc1ccco1)NC(=O)NCc1ccc(Cn2ccccc2=O)cc1. The summed E-state index contributed by atoms with van der Waals surface area (Å²) in [5, 5.41) is 5.81. The fourth-order valence-corrected chi connectivity index (χ4v) is 2.89. The molecule has 0 fully saturated rings. The third kappa shape index (κ3) is 5.87. The lowest BCUT2D eigenvalue weighted by Gasteiger charge is -2.14. The Kier molecular flexibility index (Phi) is 6.68. The minimum Gasteiger partial charge on any atom is -0.469 e. The van der Waals surface area contributed by atoms with Crippen LogP contribution >= 0.6 is 0 Å². The van der Waals surface area contributed by atoms with Gasteiger partial charge in [0, 0.05) is 31.3 Å². The number of aryl methyl sites for hydroxylation is 1. The van der Waals surface area contributed by atoms with Gasteiger partial charge in [0.05, 0.1) is 12.8 Å². The van der Waals surface area contributed by atoms with E-state index >= 15 is 0 Å². The van der Waals surface area contributed by atoms with Crippen molar-refractivity contribution in [2.24, 2.45) is 0 Å². The molecular weight excluding hydrogens is 354 g/mol. The second-order valence-electron chi connectivity index (χ2n) is 6.83.